The second-order valence-electron chi connectivity index (χ2n) is 6.03. The smallest absolute Gasteiger partial charge is 0.276 e. The molecular weight excluding hydrogens is 403 g/mol. The third-order valence-corrected chi connectivity index (χ3v) is 5.47. The molecule has 0 bridgehead atoms. The molecule has 1 aliphatic rings. The maximum Gasteiger partial charge on any atom is 0.276 e. The number of carbonyl (C=O) groups excluding carboxylic acids is 1. The molecule has 140 valence electrons. The normalized spacial score (nSPS) is 15.8. The maximum absolute atomic E-state index is 12.4. The van der Waals surface area contributed by atoms with Crippen molar-refractivity contribution >= 4 is 52.5 Å². The van der Waals surface area contributed by atoms with Crippen molar-refractivity contribution in [2.75, 3.05) is 13.6 Å². The third-order valence-electron chi connectivity index (χ3n) is 4.23. The van der Waals surface area contributed by atoms with Crippen LogP contribution in [0, 0.1) is 0 Å². The van der Waals surface area contributed by atoms with E-state index in [0.717, 1.165) is 16.9 Å². The highest BCUT2D eigenvalue weighted by Crippen LogP contribution is 2.25. The fraction of sp³-hybridized carbons (Fsp3) is 0.200. The minimum atomic E-state index is -0.0788. The molecule has 0 saturated carbocycles. The zero-order valence-electron chi connectivity index (χ0n) is 14.9. The Labute approximate surface area is 173 Å². The number of rotatable bonds is 5. The monoisotopic (exact) mass is 420 g/mol. The number of amides is 1. The number of ether oxygens (including phenoxy) is 1. The summed E-state index contributed by atoms with van der Waals surface area (Å²) in [7, 11) is 1.80. The lowest BCUT2D eigenvalue weighted by atomic mass is 10.1. The quantitative estimate of drug-likeness (QED) is 0.503. The molecule has 2 aromatic carbocycles. The average molecular weight is 421 g/mol. The topological polar surface area (TPSA) is 32.8 Å². The van der Waals surface area contributed by atoms with Gasteiger partial charge in [-0.2, -0.15) is 0 Å². The molecular formula is C20H18Cl2N2O2S. The van der Waals surface area contributed by atoms with Gasteiger partial charge in [-0.1, -0.05) is 41.4 Å². The Bertz CT molecular complexity index is 913. The van der Waals surface area contributed by atoms with Gasteiger partial charge in [0.1, 0.15) is 18.1 Å². The zero-order chi connectivity index (χ0) is 19.6. The van der Waals surface area contributed by atoms with Crippen LogP contribution in [0.25, 0.3) is 6.08 Å². The van der Waals surface area contributed by atoms with Crippen LogP contribution in [0.3, 0.4) is 0 Å². The van der Waals surface area contributed by atoms with E-state index in [4.69, 9.17) is 40.2 Å². The molecule has 3 rings (SSSR count). The Morgan fingerprint density at radius 2 is 1.81 bits per heavy atom. The summed E-state index contributed by atoms with van der Waals surface area (Å²) in [6.07, 6.45) is 1.83. The number of likely N-dealkylation sites (N-methyl/N-ethyl adjacent to an activating group) is 2. The summed E-state index contributed by atoms with van der Waals surface area (Å²) in [5.41, 5.74) is 2.39. The van der Waals surface area contributed by atoms with Gasteiger partial charge < -0.3 is 9.64 Å². The maximum atomic E-state index is 12.4. The molecule has 0 aliphatic carbocycles. The highest BCUT2D eigenvalue weighted by molar-refractivity contribution is 7.80. The Balaban J connectivity index is 1.69. The summed E-state index contributed by atoms with van der Waals surface area (Å²) in [6, 6.07) is 12.9. The van der Waals surface area contributed by atoms with Crippen LogP contribution in [0.15, 0.2) is 48.2 Å². The van der Waals surface area contributed by atoms with E-state index in [-0.39, 0.29) is 5.91 Å². The van der Waals surface area contributed by atoms with Crippen LogP contribution in [0.1, 0.15) is 18.1 Å². The summed E-state index contributed by atoms with van der Waals surface area (Å²) in [5.74, 6) is 0.643. The number of benzene rings is 2. The lowest BCUT2D eigenvalue weighted by Crippen LogP contribution is -2.30. The summed E-state index contributed by atoms with van der Waals surface area (Å²) >= 11 is 17.2. The van der Waals surface area contributed by atoms with Gasteiger partial charge in [0.15, 0.2) is 5.11 Å². The van der Waals surface area contributed by atoms with Crippen molar-refractivity contribution < 1.29 is 9.53 Å². The molecule has 27 heavy (non-hydrogen) atoms. The Kier molecular flexibility index (Phi) is 6.05. The van der Waals surface area contributed by atoms with Crippen LogP contribution in [0.2, 0.25) is 10.0 Å². The fourth-order valence-electron chi connectivity index (χ4n) is 2.70. The first-order chi connectivity index (χ1) is 12.9. The Hall–Kier alpha value is -2.08. The molecule has 1 saturated heterocycles. The molecule has 1 amide bonds. The molecule has 7 heteroatoms. The van der Waals surface area contributed by atoms with Crippen molar-refractivity contribution in [3.63, 3.8) is 0 Å². The van der Waals surface area contributed by atoms with Crippen molar-refractivity contribution in [1.29, 1.82) is 0 Å². The highest BCUT2D eigenvalue weighted by atomic mass is 35.5. The van der Waals surface area contributed by atoms with Gasteiger partial charge in [0.25, 0.3) is 5.91 Å². The van der Waals surface area contributed by atoms with E-state index in [1.807, 2.05) is 43.3 Å². The standard InChI is InChI=1S/C20H18Cl2N2O2S/c1-3-24-19(25)18(23(2)20(24)27)11-13-4-7-15(8-5-13)26-12-14-6-9-16(21)17(22)10-14/h4-11H,3,12H2,1-2H3. The van der Waals surface area contributed by atoms with Crippen molar-refractivity contribution in [3.8, 4) is 5.75 Å². The van der Waals surface area contributed by atoms with E-state index in [1.165, 1.54) is 0 Å². The van der Waals surface area contributed by atoms with Crippen molar-refractivity contribution in [1.82, 2.24) is 9.80 Å². The first kappa shape index (κ1) is 19.7. The van der Waals surface area contributed by atoms with E-state index >= 15 is 0 Å². The van der Waals surface area contributed by atoms with E-state index in [2.05, 4.69) is 0 Å². The summed E-state index contributed by atoms with van der Waals surface area (Å²) in [4.78, 5) is 15.7. The van der Waals surface area contributed by atoms with Gasteiger partial charge in [-0.3, -0.25) is 9.69 Å². The second-order valence-corrected chi connectivity index (χ2v) is 7.21. The lowest BCUT2D eigenvalue weighted by Gasteiger charge is -2.13. The molecule has 1 aliphatic heterocycles. The summed E-state index contributed by atoms with van der Waals surface area (Å²) < 4.78 is 5.78. The molecule has 0 unspecified atom stereocenters. The largest absolute Gasteiger partial charge is 0.489 e. The second kappa shape index (κ2) is 8.30. The van der Waals surface area contributed by atoms with Crippen molar-refractivity contribution in [2.24, 2.45) is 0 Å². The van der Waals surface area contributed by atoms with Gasteiger partial charge in [0, 0.05) is 13.6 Å². The zero-order valence-corrected chi connectivity index (χ0v) is 17.2. The van der Waals surface area contributed by atoms with Gasteiger partial charge in [0.05, 0.1) is 10.0 Å². The fourth-order valence-corrected chi connectivity index (χ4v) is 3.34. The highest BCUT2D eigenvalue weighted by Gasteiger charge is 2.34. The van der Waals surface area contributed by atoms with Gasteiger partial charge >= 0.3 is 0 Å². The van der Waals surface area contributed by atoms with Gasteiger partial charge in [0.2, 0.25) is 0 Å². The molecule has 0 aromatic heterocycles. The number of halogens is 2. The number of thiocarbonyl (C=S) groups is 1. The van der Waals surface area contributed by atoms with Crippen LogP contribution >= 0.6 is 35.4 Å². The molecule has 1 heterocycles. The average Bonchev–Trinajstić information content (AvgIpc) is 2.86. The number of nitrogens with zero attached hydrogens (tertiary/aromatic N) is 2. The number of carbonyl (C=O) groups is 1. The molecule has 0 radical (unpaired) electrons. The van der Waals surface area contributed by atoms with Gasteiger partial charge in [-0.15, -0.1) is 0 Å². The lowest BCUT2D eigenvalue weighted by molar-refractivity contribution is -0.122. The van der Waals surface area contributed by atoms with E-state index in [1.54, 1.807) is 29.0 Å². The van der Waals surface area contributed by atoms with Crippen LogP contribution in [-0.4, -0.2) is 34.4 Å². The molecule has 2 aromatic rings. The van der Waals surface area contributed by atoms with Crippen LogP contribution in [-0.2, 0) is 11.4 Å². The van der Waals surface area contributed by atoms with Crippen molar-refractivity contribution in [2.45, 2.75) is 13.5 Å². The molecule has 1 fully saturated rings. The van der Waals surface area contributed by atoms with E-state index in [9.17, 15) is 4.79 Å². The van der Waals surface area contributed by atoms with Crippen LogP contribution in [0.5, 0.6) is 5.75 Å². The predicted octanol–water partition coefficient (Wildman–Crippen LogP) is 4.99. The minimum Gasteiger partial charge on any atom is -0.489 e. The molecule has 0 spiro atoms. The molecule has 0 atom stereocenters. The van der Waals surface area contributed by atoms with Gasteiger partial charge in [-0.05, 0) is 60.6 Å². The minimum absolute atomic E-state index is 0.0788. The first-order valence-electron chi connectivity index (χ1n) is 8.38. The number of hydrogen-bond donors (Lipinski definition) is 0. The molecule has 0 N–H and O–H groups in total. The third kappa shape index (κ3) is 4.26. The first-order valence-corrected chi connectivity index (χ1v) is 9.55. The summed E-state index contributed by atoms with van der Waals surface area (Å²) in [6.45, 7) is 2.85. The SMILES string of the molecule is CCN1C(=O)C(=Cc2ccc(OCc3ccc(Cl)c(Cl)c3)cc2)N(C)C1=S. The Morgan fingerprint density at radius 1 is 1.11 bits per heavy atom. The summed E-state index contributed by atoms with van der Waals surface area (Å²) in [5, 5.41) is 1.55. The van der Waals surface area contributed by atoms with E-state index in [0.29, 0.717) is 34.0 Å². The number of hydrogen-bond acceptors (Lipinski definition) is 3. The van der Waals surface area contributed by atoms with Crippen LogP contribution < -0.4 is 4.74 Å². The molecule has 4 nitrogen and oxygen atoms in total. The van der Waals surface area contributed by atoms with Crippen LogP contribution in [0.4, 0.5) is 0 Å². The Morgan fingerprint density at radius 3 is 2.41 bits per heavy atom. The van der Waals surface area contributed by atoms with Crippen molar-refractivity contribution in [3.05, 3.63) is 69.3 Å². The van der Waals surface area contributed by atoms with Gasteiger partial charge in [-0.25, -0.2) is 0 Å². The predicted molar refractivity (Wildman–Crippen MR) is 113 cm³/mol. The van der Waals surface area contributed by atoms with E-state index < -0.39 is 0 Å².